The first-order chi connectivity index (χ1) is 13.7. The fourth-order valence-corrected chi connectivity index (χ4v) is 2.95. The number of guanidine groups is 1. The molecule has 154 valence electrons. The Hall–Kier alpha value is -2.33. The maximum Gasteiger partial charge on any atom is 0.191 e. The minimum Gasteiger partial charge on any atom is -0.497 e. The molecule has 0 amide bonds. The molecule has 0 aliphatic rings. The molecule has 7 nitrogen and oxygen atoms in total. The lowest BCUT2D eigenvalue weighted by Gasteiger charge is -2.13. The summed E-state index contributed by atoms with van der Waals surface area (Å²) >= 11 is 6.28. The van der Waals surface area contributed by atoms with Gasteiger partial charge in [-0.05, 0) is 41.8 Å². The standard InChI is InChI=1S/C20H23ClN6O.HI/c1-22-20(24-10-9-16-5-8-18(28-2)11-19(16)21)25-12-15-3-6-17(7-4-15)27-14-23-13-26-27;/h3-8,11,13-14H,9-10,12H2,1-2H3,(H2,22,24,25);1H. The van der Waals surface area contributed by atoms with Crippen molar-refractivity contribution >= 4 is 41.5 Å². The Morgan fingerprint density at radius 2 is 1.97 bits per heavy atom. The summed E-state index contributed by atoms with van der Waals surface area (Å²) in [6.07, 6.45) is 3.98. The number of methoxy groups -OCH3 is 1. The molecule has 0 saturated carbocycles. The van der Waals surface area contributed by atoms with Crippen LogP contribution in [0, 0.1) is 0 Å². The first-order valence-corrected chi connectivity index (χ1v) is 9.28. The summed E-state index contributed by atoms with van der Waals surface area (Å²) in [5, 5.41) is 11.4. The summed E-state index contributed by atoms with van der Waals surface area (Å²) in [6, 6.07) is 13.8. The first-order valence-electron chi connectivity index (χ1n) is 8.90. The molecule has 1 aromatic heterocycles. The number of nitrogens with zero attached hydrogens (tertiary/aromatic N) is 4. The molecule has 1 heterocycles. The van der Waals surface area contributed by atoms with Crippen molar-refractivity contribution in [2.24, 2.45) is 4.99 Å². The molecule has 0 spiro atoms. The molecule has 2 aromatic carbocycles. The van der Waals surface area contributed by atoms with Gasteiger partial charge < -0.3 is 15.4 Å². The number of benzene rings is 2. The number of aliphatic imine (C=N–C) groups is 1. The van der Waals surface area contributed by atoms with Gasteiger partial charge in [-0.1, -0.05) is 29.8 Å². The number of hydrogen-bond donors (Lipinski definition) is 2. The van der Waals surface area contributed by atoms with E-state index in [-0.39, 0.29) is 24.0 Å². The molecule has 0 radical (unpaired) electrons. The largest absolute Gasteiger partial charge is 0.497 e. The molecular weight excluding hydrogens is 503 g/mol. The van der Waals surface area contributed by atoms with Crippen molar-refractivity contribution in [3.63, 3.8) is 0 Å². The van der Waals surface area contributed by atoms with Crippen molar-refractivity contribution in [3.05, 3.63) is 71.3 Å². The molecule has 0 atom stereocenters. The maximum atomic E-state index is 6.28. The molecule has 9 heteroatoms. The lowest BCUT2D eigenvalue weighted by Crippen LogP contribution is -2.37. The van der Waals surface area contributed by atoms with E-state index in [4.69, 9.17) is 16.3 Å². The lowest BCUT2D eigenvalue weighted by atomic mass is 10.1. The Morgan fingerprint density at radius 3 is 2.59 bits per heavy atom. The zero-order valence-corrected chi connectivity index (χ0v) is 19.4. The van der Waals surface area contributed by atoms with Gasteiger partial charge in [0.25, 0.3) is 0 Å². The predicted molar refractivity (Wildman–Crippen MR) is 127 cm³/mol. The zero-order chi connectivity index (χ0) is 19.8. The van der Waals surface area contributed by atoms with E-state index in [1.54, 1.807) is 25.2 Å². The van der Waals surface area contributed by atoms with Crippen LogP contribution in [-0.4, -0.2) is 41.4 Å². The van der Waals surface area contributed by atoms with Gasteiger partial charge in [-0.3, -0.25) is 4.99 Å². The van der Waals surface area contributed by atoms with Gasteiger partial charge in [-0.25, -0.2) is 9.67 Å². The fraction of sp³-hybridized carbons (Fsp3) is 0.250. The van der Waals surface area contributed by atoms with E-state index in [9.17, 15) is 0 Å². The monoisotopic (exact) mass is 526 g/mol. The smallest absolute Gasteiger partial charge is 0.191 e. The van der Waals surface area contributed by atoms with Crippen molar-refractivity contribution < 1.29 is 4.74 Å². The average molecular weight is 527 g/mol. The first kappa shape index (κ1) is 23.0. The highest BCUT2D eigenvalue weighted by molar-refractivity contribution is 14.0. The second-order valence-corrected chi connectivity index (χ2v) is 6.47. The van der Waals surface area contributed by atoms with Crippen LogP contribution >= 0.6 is 35.6 Å². The van der Waals surface area contributed by atoms with Gasteiger partial charge >= 0.3 is 0 Å². The second kappa shape index (κ2) is 11.6. The predicted octanol–water partition coefficient (Wildman–Crippen LogP) is 3.46. The van der Waals surface area contributed by atoms with Gasteiger partial charge in [0.2, 0.25) is 0 Å². The van der Waals surface area contributed by atoms with E-state index >= 15 is 0 Å². The van der Waals surface area contributed by atoms with Crippen molar-refractivity contribution in [2.75, 3.05) is 20.7 Å². The van der Waals surface area contributed by atoms with E-state index in [2.05, 4.69) is 37.8 Å². The molecule has 3 aromatic rings. The lowest BCUT2D eigenvalue weighted by molar-refractivity contribution is 0.414. The van der Waals surface area contributed by atoms with Crippen LogP contribution in [0.15, 0.2) is 60.1 Å². The zero-order valence-electron chi connectivity index (χ0n) is 16.3. The quantitative estimate of drug-likeness (QED) is 0.280. The Bertz CT molecular complexity index is 915. The topological polar surface area (TPSA) is 76.4 Å². The van der Waals surface area contributed by atoms with E-state index in [0.29, 0.717) is 11.6 Å². The Labute approximate surface area is 192 Å². The molecular formula is C20H24ClIN6O. The summed E-state index contributed by atoms with van der Waals surface area (Å²) in [7, 11) is 3.38. The number of hydrogen-bond acceptors (Lipinski definition) is 4. The molecule has 29 heavy (non-hydrogen) atoms. The Balaban J connectivity index is 0.00000300. The SMILES string of the molecule is CN=C(NCCc1ccc(OC)cc1Cl)NCc1ccc(-n2cncn2)cc1.I. The minimum atomic E-state index is 0. The summed E-state index contributed by atoms with van der Waals surface area (Å²) in [5.74, 6) is 1.50. The third-order valence-electron chi connectivity index (χ3n) is 4.25. The third kappa shape index (κ3) is 6.60. The number of aromatic nitrogens is 3. The van der Waals surface area contributed by atoms with Gasteiger partial charge in [-0.15, -0.1) is 24.0 Å². The summed E-state index contributed by atoms with van der Waals surface area (Å²) in [6.45, 7) is 1.39. The van der Waals surface area contributed by atoms with E-state index < -0.39 is 0 Å². The highest BCUT2D eigenvalue weighted by Gasteiger charge is 2.04. The van der Waals surface area contributed by atoms with Crippen LogP contribution in [-0.2, 0) is 13.0 Å². The fourth-order valence-electron chi connectivity index (χ4n) is 2.69. The van der Waals surface area contributed by atoms with Crippen LogP contribution in [0.4, 0.5) is 0 Å². The van der Waals surface area contributed by atoms with Crippen molar-refractivity contribution in [1.82, 2.24) is 25.4 Å². The van der Waals surface area contributed by atoms with Crippen LogP contribution in [0.3, 0.4) is 0 Å². The Morgan fingerprint density at radius 1 is 1.17 bits per heavy atom. The van der Waals surface area contributed by atoms with Gasteiger partial charge in [0.1, 0.15) is 18.4 Å². The molecule has 0 aliphatic carbocycles. The van der Waals surface area contributed by atoms with Crippen LogP contribution in [0.5, 0.6) is 5.75 Å². The molecule has 0 bridgehead atoms. The highest BCUT2D eigenvalue weighted by atomic mass is 127. The molecule has 0 unspecified atom stereocenters. The van der Waals surface area contributed by atoms with Gasteiger partial charge in [0, 0.05) is 25.2 Å². The van der Waals surface area contributed by atoms with Gasteiger partial charge in [-0.2, -0.15) is 5.10 Å². The van der Waals surface area contributed by atoms with Crippen molar-refractivity contribution in [1.29, 1.82) is 0 Å². The molecule has 0 saturated heterocycles. The summed E-state index contributed by atoms with van der Waals surface area (Å²) in [4.78, 5) is 8.22. The third-order valence-corrected chi connectivity index (χ3v) is 4.60. The molecule has 3 rings (SSSR count). The van der Waals surface area contributed by atoms with Crippen LogP contribution in [0.2, 0.25) is 5.02 Å². The normalized spacial score (nSPS) is 10.9. The minimum absolute atomic E-state index is 0. The van der Waals surface area contributed by atoms with E-state index in [1.807, 2.05) is 30.3 Å². The second-order valence-electron chi connectivity index (χ2n) is 6.07. The highest BCUT2D eigenvalue weighted by Crippen LogP contribution is 2.22. The summed E-state index contributed by atoms with van der Waals surface area (Å²) in [5.41, 5.74) is 3.18. The number of ether oxygens (including phenoxy) is 1. The van der Waals surface area contributed by atoms with E-state index in [1.165, 1.54) is 6.33 Å². The molecule has 2 N–H and O–H groups in total. The maximum absolute atomic E-state index is 6.28. The van der Waals surface area contributed by atoms with Crippen molar-refractivity contribution in [2.45, 2.75) is 13.0 Å². The van der Waals surface area contributed by atoms with Crippen LogP contribution in [0.1, 0.15) is 11.1 Å². The number of rotatable bonds is 7. The number of nitrogens with one attached hydrogen (secondary N) is 2. The van der Waals surface area contributed by atoms with E-state index in [0.717, 1.165) is 41.5 Å². The van der Waals surface area contributed by atoms with Crippen molar-refractivity contribution in [3.8, 4) is 11.4 Å². The Kier molecular flexibility index (Phi) is 9.20. The van der Waals surface area contributed by atoms with Gasteiger partial charge in [0.05, 0.1) is 12.8 Å². The number of halogens is 2. The molecule has 0 aliphatic heterocycles. The van der Waals surface area contributed by atoms with Crippen LogP contribution < -0.4 is 15.4 Å². The molecule has 0 fully saturated rings. The average Bonchev–Trinajstić information content (AvgIpc) is 3.26. The van der Waals surface area contributed by atoms with Gasteiger partial charge in [0.15, 0.2) is 5.96 Å². The summed E-state index contributed by atoms with van der Waals surface area (Å²) < 4.78 is 6.90. The van der Waals surface area contributed by atoms with Crippen LogP contribution in [0.25, 0.3) is 5.69 Å².